The lowest BCUT2D eigenvalue weighted by atomic mass is 10.1. The smallest absolute Gasteiger partial charge is 0.242 e. The fourth-order valence-electron chi connectivity index (χ4n) is 2.41. The van der Waals surface area contributed by atoms with E-state index < -0.39 is 0 Å². The zero-order valence-electron chi connectivity index (χ0n) is 11.3. The molecular weight excluding hydrogens is 254 g/mol. The molecule has 5 heteroatoms. The molecule has 20 heavy (non-hydrogen) atoms. The zero-order chi connectivity index (χ0) is 13.9. The number of carbonyl (C=O) groups excluding carboxylic acids is 2. The Morgan fingerprint density at radius 3 is 2.80 bits per heavy atom. The van der Waals surface area contributed by atoms with Gasteiger partial charge in [0.1, 0.15) is 6.04 Å². The lowest BCUT2D eigenvalue weighted by Crippen LogP contribution is -2.40. The molecule has 0 radical (unpaired) electrons. The molecule has 2 amide bonds. The van der Waals surface area contributed by atoms with Crippen LogP contribution < -0.4 is 16.0 Å². The second-order valence-corrected chi connectivity index (χ2v) is 5.44. The summed E-state index contributed by atoms with van der Waals surface area (Å²) in [6, 6.07) is 8.09. The van der Waals surface area contributed by atoms with Crippen LogP contribution >= 0.6 is 0 Å². The third-order valence-electron chi connectivity index (χ3n) is 3.68. The SMILES string of the molecule is O=C(CCNC(=O)C1Cc2ccccc2N1)NC1CC1. The summed E-state index contributed by atoms with van der Waals surface area (Å²) in [4.78, 5) is 23.5. The highest BCUT2D eigenvalue weighted by Gasteiger charge is 2.26. The summed E-state index contributed by atoms with van der Waals surface area (Å²) >= 11 is 0. The second kappa shape index (κ2) is 5.53. The zero-order valence-corrected chi connectivity index (χ0v) is 11.3. The number of amides is 2. The van der Waals surface area contributed by atoms with E-state index in [4.69, 9.17) is 0 Å². The number of hydrogen-bond donors (Lipinski definition) is 3. The van der Waals surface area contributed by atoms with Gasteiger partial charge in [-0.15, -0.1) is 0 Å². The topological polar surface area (TPSA) is 70.2 Å². The molecule has 3 N–H and O–H groups in total. The molecule has 0 spiro atoms. The number of para-hydroxylation sites is 1. The van der Waals surface area contributed by atoms with Crippen molar-refractivity contribution < 1.29 is 9.59 Å². The third kappa shape index (κ3) is 3.10. The van der Waals surface area contributed by atoms with E-state index in [1.54, 1.807) is 0 Å². The minimum Gasteiger partial charge on any atom is -0.373 e. The molecule has 1 unspecified atom stereocenters. The molecular formula is C15H19N3O2. The minimum atomic E-state index is -0.223. The van der Waals surface area contributed by atoms with E-state index in [1.165, 1.54) is 5.56 Å². The van der Waals surface area contributed by atoms with Crippen molar-refractivity contribution >= 4 is 17.5 Å². The van der Waals surface area contributed by atoms with Gasteiger partial charge in [-0.1, -0.05) is 18.2 Å². The summed E-state index contributed by atoms with van der Waals surface area (Å²) in [6.07, 6.45) is 3.23. The van der Waals surface area contributed by atoms with Crippen LogP contribution in [0.1, 0.15) is 24.8 Å². The Kier molecular flexibility index (Phi) is 3.58. The summed E-state index contributed by atoms with van der Waals surface area (Å²) in [7, 11) is 0. The first-order valence-electron chi connectivity index (χ1n) is 7.14. The van der Waals surface area contributed by atoms with E-state index in [9.17, 15) is 9.59 Å². The number of fused-ring (bicyclic) bond motifs is 1. The largest absolute Gasteiger partial charge is 0.373 e. The molecule has 5 nitrogen and oxygen atoms in total. The first-order chi connectivity index (χ1) is 9.72. The van der Waals surface area contributed by atoms with Gasteiger partial charge in [0.25, 0.3) is 0 Å². The molecule has 3 rings (SSSR count). The number of anilines is 1. The Bertz CT molecular complexity index is 501. The Balaban J connectivity index is 1.40. The van der Waals surface area contributed by atoms with Gasteiger partial charge < -0.3 is 16.0 Å². The molecule has 0 aromatic heterocycles. The molecule has 1 aliphatic heterocycles. The van der Waals surface area contributed by atoms with Gasteiger partial charge in [0, 0.05) is 31.1 Å². The molecule has 2 aliphatic rings. The number of rotatable bonds is 5. The maximum atomic E-state index is 12.0. The van der Waals surface area contributed by atoms with Crippen molar-refractivity contribution in [2.45, 2.75) is 37.8 Å². The fraction of sp³-hybridized carbons (Fsp3) is 0.467. The van der Waals surface area contributed by atoms with Crippen molar-refractivity contribution in [3.63, 3.8) is 0 Å². The summed E-state index contributed by atoms with van der Waals surface area (Å²) in [5.41, 5.74) is 2.19. The average molecular weight is 273 g/mol. The average Bonchev–Trinajstić information content (AvgIpc) is 3.13. The van der Waals surface area contributed by atoms with Crippen molar-refractivity contribution in [2.24, 2.45) is 0 Å². The van der Waals surface area contributed by atoms with Crippen LogP contribution in [0.15, 0.2) is 24.3 Å². The predicted molar refractivity (Wildman–Crippen MR) is 76.3 cm³/mol. The Labute approximate surface area is 118 Å². The van der Waals surface area contributed by atoms with E-state index >= 15 is 0 Å². The van der Waals surface area contributed by atoms with Crippen LogP contribution in [-0.2, 0) is 16.0 Å². The van der Waals surface area contributed by atoms with Crippen molar-refractivity contribution in [3.8, 4) is 0 Å². The van der Waals surface area contributed by atoms with Gasteiger partial charge in [0.05, 0.1) is 0 Å². The molecule has 1 atom stereocenters. The predicted octanol–water partition coefficient (Wildman–Crippen LogP) is 0.808. The molecule has 1 aromatic carbocycles. The second-order valence-electron chi connectivity index (χ2n) is 5.44. The first-order valence-corrected chi connectivity index (χ1v) is 7.14. The van der Waals surface area contributed by atoms with E-state index in [1.807, 2.05) is 24.3 Å². The van der Waals surface area contributed by atoms with Gasteiger partial charge >= 0.3 is 0 Å². The Morgan fingerprint density at radius 2 is 2.05 bits per heavy atom. The molecule has 1 aromatic rings. The lowest BCUT2D eigenvalue weighted by molar-refractivity contribution is -0.122. The highest BCUT2D eigenvalue weighted by molar-refractivity contribution is 5.87. The van der Waals surface area contributed by atoms with Crippen molar-refractivity contribution in [3.05, 3.63) is 29.8 Å². The van der Waals surface area contributed by atoms with Crippen LogP contribution in [-0.4, -0.2) is 30.4 Å². The maximum absolute atomic E-state index is 12.0. The Morgan fingerprint density at radius 1 is 1.25 bits per heavy atom. The van der Waals surface area contributed by atoms with Crippen molar-refractivity contribution in [1.82, 2.24) is 10.6 Å². The van der Waals surface area contributed by atoms with Gasteiger partial charge in [-0.2, -0.15) is 0 Å². The summed E-state index contributed by atoms with van der Waals surface area (Å²) < 4.78 is 0. The van der Waals surface area contributed by atoms with E-state index in [0.717, 1.165) is 18.5 Å². The molecule has 0 bridgehead atoms. The van der Waals surface area contributed by atoms with Crippen molar-refractivity contribution in [2.75, 3.05) is 11.9 Å². The molecule has 1 heterocycles. The van der Waals surface area contributed by atoms with E-state index in [2.05, 4.69) is 16.0 Å². The monoisotopic (exact) mass is 273 g/mol. The first kappa shape index (κ1) is 13.0. The number of nitrogens with one attached hydrogen (secondary N) is 3. The van der Waals surface area contributed by atoms with Crippen molar-refractivity contribution in [1.29, 1.82) is 0 Å². The fourth-order valence-corrected chi connectivity index (χ4v) is 2.41. The van der Waals surface area contributed by atoms with Crippen LogP contribution in [0.25, 0.3) is 0 Å². The Hall–Kier alpha value is -2.04. The van der Waals surface area contributed by atoms with Gasteiger partial charge in [0.2, 0.25) is 11.8 Å². The number of benzene rings is 1. The number of hydrogen-bond acceptors (Lipinski definition) is 3. The molecule has 1 fully saturated rings. The van der Waals surface area contributed by atoms with Gasteiger partial charge in [-0.05, 0) is 24.5 Å². The van der Waals surface area contributed by atoms with E-state index in [-0.39, 0.29) is 17.9 Å². The van der Waals surface area contributed by atoms with Gasteiger partial charge in [-0.25, -0.2) is 0 Å². The van der Waals surface area contributed by atoms with Crippen LogP contribution in [0.3, 0.4) is 0 Å². The maximum Gasteiger partial charge on any atom is 0.242 e. The molecule has 0 saturated heterocycles. The standard InChI is InChI=1S/C15H19N3O2/c19-14(17-11-5-6-11)7-8-16-15(20)13-9-10-3-1-2-4-12(10)18-13/h1-4,11,13,18H,5-9H2,(H,16,20)(H,17,19). The normalized spacial score (nSPS) is 19.9. The van der Waals surface area contributed by atoms with Crippen LogP contribution in [0.4, 0.5) is 5.69 Å². The van der Waals surface area contributed by atoms with Gasteiger partial charge in [-0.3, -0.25) is 9.59 Å². The minimum absolute atomic E-state index is 0.0236. The quantitative estimate of drug-likeness (QED) is 0.743. The van der Waals surface area contributed by atoms with Crippen LogP contribution in [0.5, 0.6) is 0 Å². The van der Waals surface area contributed by atoms with Gasteiger partial charge in [0.15, 0.2) is 0 Å². The van der Waals surface area contributed by atoms with Crippen LogP contribution in [0.2, 0.25) is 0 Å². The van der Waals surface area contributed by atoms with Crippen LogP contribution in [0, 0.1) is 0 Å². The number of carbonyl (C=O) groups is 2. The third-order valence-corrected chi connectivity index (χ3v) is 3.68. The lowest BCUT2D eigenvalue weighted by Gasteiger charge is -2.11. The highest BCUT2D eigenvalue weighted by atomic mass is 16.2. The highest BCUT2D eigenvalue weighted by Crippen LogP contribution is 2.25. The molecule has 1 aliphatic carbocycles. The van der Waals surface area contributed by atoms with E-state index in [0.29, 0.717) is 25.4 Å². The summed E-state index contributed by atoms with van der Waals surface area (Å²) in [5.74, 6) is -0.0177. The summed E-state index contributed by atoms with van der Waals surface area (Å²) in [6.45, 7) is 0.395. The summed E-state index contributed by atoms with van der Waals surface area (Å²) in [5, 5.41) is 8.93. The molecule has 106 valence electrons. The molecule has 1 saturated carbocycles.